The monoisotopic (exact) mass is 341 g/mol. The van der Waals surface area contributed by atoms with E-state index in [4.69, 9.17) is 9.15 Å². The topological polar surface area (TPSA) is 77.2 Å². The summed E-state index contributed by atoms with van der Waals surface area (Å²) in [5.41, 5.74) is 1.28. The minimum atomic E-state index is -0.328. The van der Waals surface area contributed by atoms with E-state index in [1.807, 2.05) is 30.5 Å². The van der Waals surface area contributed by atoms with Crippen molar-refractivity contribution in [1.29, 1.82) is 0 Å². The SMILES string of the molecule is COc1ccc(C(=O)Nc2nnc(-c3cccc(SC)c3)o2)cc1. The van der Waals surface area contributed by atoms with Gasteiger partial charge in [-0.25, -0.2) is 0 Å². The largest absolute Gasteiger partial charge is 0.497 e. The Morgan fingerprint density at radius 2 is 1.96 bits per heavy atom. The minimum absolute atomic E-state index is 0.0559. The number of rotatable bonds is 5. The molecular weight excluding hydrogens is 326 g/mol. The van der Waals surface area contributed by atoms with Crippen LogP contribution in [0.15, 0.2) is 57.8 Å². The lowest BCUT2D eigenvalue weighted by Crippen LogP contribution is -2.11. The summed E-state index contributed by atoms with van der Waals surface area (Å²) in [6.45, 7) is 0. The number of anilines is 1. The van der Waals surface area contributed by atoms with Gasteiger partial charge < -0.3 is 9.15 Å². The van der Waals surface area contributed by atoms with E-state index in [9.17, 15) is 4.79 Å². The zero-order valence-corrected chi connectivity index (χ0v) is 14.0. The van der Waals surface area contributed by atoms with E-state index in [1.54, 1.807) is 43.1 Å². The number of amides is 1. The van der Waals surface area contributed by atoms with E-state index in [-0.39, 0.29) is 11.9 Å². The lowest BCUT2D eigenvalue weighted by atomic mass is 10.2. The lowest BCUT2D eigenvalue weighted by molar-refractivity contribution is 0.102. The van der Waals surface area contributed by atoms with Crippen molar-refractivity contribution in [2.75, 3.05) is 18.7 Å². The van der Waals surface area contributed by atoms with Gasteiger partial charge in [-0.2, -0.15) is 0 Å². The van der Waals surface area contributed by atoms with Crippen LogP contribution in [0.5, 0.6) is 5.75 Å². The number of thioether (sulfide) groups is 1. The third kappa shape index (κ3) is 3.57. The number of benzene rings is 2. The molecule has 24 heavy (non-hydrogen) atoms. The molecule has 0 saturated carbocycles. The van der Waals surface area contributed by atoms with Crippen molar-refractivity contribution in [3.63, 3.8) is 0 Å². The number of hydrogen-bond acceptors (Lipinski definition) is 6. The average molecular weight is 341 g/mol. The van der Waals surface area contributed by atoms with Crippen LogP contribution in [-0.2, 0) is 0 Å². The summed E-state index contributed by atoms with van der Waals surface area (Å²) in [4.78, 5) is 13.3. The Balaban J connectivity index is 1.74. The van der Waals surface area contributed by atoms with E-state index >= 15 is 0 Å². The molecule has 1 N–H and O–H groups in total. The summed E-state index contributed by atoms with van der Waals surface area (Å²) in [6, 6.07) is 14.5. The first-order valence-electron chi connectivity index (χ1n) is 7.13. The molecule has 0 fully saturated rings. The van der Waals surface area contributed by atoms with Crippen molar-refractivity contribution >= 4 is 23.7 Å². The van der Waals surface area contributed by atoms with Crippen LogP contribution in [0.1, 0.15) is 10.4 Å². The summed E-state index contributed by atoms with van der Waals surface area (Å²) in [7, 11) is 1.57. The van der Waals surface area contributed by atoms with Gasteiger partial charge in [0.2, 0.25) is 5.89 Å². The van der Waals surface area contributed by atoms with Crippen LogP contribution in [0, 0.1) is 0 Å². The Morgan fingerprint density at radius 3 is 2.67 bits per heavy atom. The first-order valence-corrected chi connectivity index (χ1v) is 8.35. The molecule has 0 bridgehead atoms. The van der Waals surface area contributed by atoms with Crippen LogP contribution >= 0.6 is 11.8 Å². The maximum atomic E-state index is 12.2. The number of aromatic nitrogens is 2. The molecule has 0 spiro atoms. The Bertz CT molecular complexity index is 846. The fourth-order valence-electron chi connectivity index (χ4n) is 2.06. The van der Waals surface area contributed by atoms with E-state index in [0.29, 0.717) is 17.2 Å². The van der Waals surface area contributed by atoms with Crippen molar-refractivity contribution in [1.82, 2.24) is 10.2 Å². The molecule has 6 nitrogen and oxygen atoms in total. The second-order valence-corrected chi connectivity index (χ2v) is 5.71. The van der Waals surface area contributed by atoms with Crippen LogP contribution in [-0.4, -0.2) is 29.5 Å². The first-order chi connectivity index (χ1) is 11.7. The molecule has 3 aromatic rings. The van der Waals surface area contributed by atoms with Gasteiger partial charge >= 0.3 is 6.01 Å². The number of ether oxygens (including phenoxy) is 1. The molecule has 0 aliphatic rings. The summed E-state index contributed by atoms with van der Waals surface area (Å²) in [5.74, 6) is 0.710. The standard InChI is InChI=1S/C17H15N3O3S/c1-22-13-8-6-11(7-9-13)15(21)18-17-20-19-16(23-17)12-4-3-5-14(10-12)24-2/h3-10H,1-2H3,(H,18,20,21). The number of methoxy groups -OCH3 is 1. The van der Waals surface area contributed by atoms with E-state index in [0.717, 1.165) is 10.5 Å². The van der Waals surface area contributed by atoms with E-state index < -0.39 is 0 Å². The maximum absolute atomic E-state index is 12.2. The normalized spacial score (nSPS) is 10.4. The smallest absolute Gasteiger partial charge is 0.322 e. The van der Waals surface area contributed by atoms with Gasteiger partial charge in [-0.15, -0.1) is 16.9 Å². The van der Waals surface area contributed by atoms with Gasteiger partial charge in [0.25, 0.3) is 5.91 Å². The highest BCUT2D eigenvalue weighted by atomic mass is 32.2. The summed E-state index contributed by atoms with van der Waals surface area (Å²) in [6.07, 6.45) is 1.99. The lowest BCUT2D eigenvalue weighted by Gasteiger charge is -2.02. The quantitative estimate of drug-likeness (QED) is 0.713. The highest BCUT2D eigenvalue weighted by molar-refractivity contribution is 7.98. The van der Waals surface area contributed by atoms with E-state index in [2.05, 4.69) is 15.5 Å². The van der Waals surface area contributed by atoms with Crippen LogP contribution in [0.2, 0.25) is 0 Å². The Morgan fingerprint density at radius 1 is 1.17 bits per heavy atom. The van der Waals surface area contributed by atoms with Crippen molar-refractivity contribution in [3.8, 4) is 17.2 Å². The molecule has 0 atom stereocenters. The van der Waals surface area contributed by atoms with Gasteiger partial charge in [-0.05, 0) is 48.7 Å². The van der Waals surface area contributed by atoms with Gasteiger partial charge in [0.05, 0.1) is 7.11 Å². The van der Waals surface area contributed by atoms with Gasteiger partial charge in [-0.3, -0.25) is 10.1 Å². The second kappa shape index (κ2) is 7.18. The van der Waals surface area contributed by atoms with E-state index in [1.165, 1.54) is 0 Å². The zero-order chi connectivity index (χ0) is 16.9. The highest BCUT2D eigenvalue weighted by Crippen LogP contribution is 2.24. The third-order valence-electron chi connectivity index (χ3n) is 3.31. The molecule has 0 saturated heterocycles. The molecule has 3 rings (SSSR count). The first kappa shape index (κ1) is 16.1. The molecule has 0 aliphatic carbocycles. The molecule has 1 amide bonds. The minimum Gasteiger partial charge on any atom is -0.497 e. The van der Waals surface area contributed by atoms with Crippen LogP contribution in [0.4, 0.5) is 6.01 Å². The van der Waals surface area contributed by atoms with Crippen LogP contribution in [0.3, 0.4) is 0 Å². The number of carbonyl (C=O) groups is 1. The number of nitrogens with zero attached hydrogens (tertiary/aromatic N) is 2. The Labute approximate surface area is 143 Å². The third-order valence-corrected chi connectivity index (χ3v) is 4.04. The molecule has 0 unspecified atom stereocenters. The number of carbonyl (C=O) groups excluding carboxylic acids is 1. The predicted octanol–water partition coefficient (Wildman–Crippen LogP) is 3.72. The van der Waals surface area contributed by atoms with Crippen molar-refractivity contribution in [3.05, 3.63) is 54.1 Å². The van der Waals surface area contributed by atoms with Gasteiger partial charge in [0, 0.05) is 16.0 Å². The van der Waals surface area contributed by atoms with Gasteiger partial charge in [-0.1, -0.05) is 11.2 Å². The summed E-state index contributed by atoms with van der Waals surface area (Å²) >= 11 is 1.63. The zero-order valence-electron chi connectivity index (χ0n) is 13.1. The molecule has 2 aromatic carbocycles. The molecule has 7 heteroatoms. The van der Waals surface area contributed by atoms with Crippen molar-refractivity contribution < 1.29 is 13.9 Å². The summed E-state index contributed by atoms with van der Waals surface area (Å²) in [5, 5.41) is 10.4. The molecule has 1 aromatic heterocycles. The molecular formula is C17H15N3O3S. The van der Waals surface area contributed by atoms with Crippen LogP contribution < -0.4 is 10.1 Å². The van der Waals surface area contributed by atoms with Crippen molar-refractivity contribution in [2.24, 2.45) is 0 Å². The van der Waals surface area contributed by atoms with Crippen molar-refractivity contribution in [2.45, 2.75) is 4.90 Å². The molecule has 122 valence electrons. The summed E-state index contributed by atoms with van der Waals surface area (Å²) < 4.78 is 10.6. The van der Waals surface area contributed by atoms with Crippen LogP contribution in [0.25, 0.3) is 11.5 Å². The molecule has 0 aliphatic heterocycles. The number of hydrogen-bond donors (Lipinski definition) is 1. The fourth-order valence-corrected chi connectivity index (χ4v) is 2.52. The highest BCUT2D eigenvalue weighted by Gasteiger charge is 2.13. The molecule has 0 radical (unpaired) electrons. The Kier molecular flexibility index (Phi) is 4.81. The Hall–Kier alpha value is -2.80. The van der Waals surface area contributed by atoms with Gasteiger partial charge in [0.1, 0.15) is 5.75 Å². The second-order valence-electron chi connectivity index (χ2n) is 4.83. The number of nitrogens with one attached hydrogen (secondary N) is 1. The molecule has 1 heterocycles. The fraction of sp³-hybridized carbons (Fsp3) is 0.118. The maximum Gasteiger partial charge on any atom is 0.322 e. The predicted molar refractivity (Wildman–Crippen MR) is 92.5 cm³/mol. The van der Waals surface area contributed by atoms with Gasteiger partial charge in [0.15, 0.2) is 0 Å². The average Bonchev–Trinajstić information content (AvgIpc) is 3.10.